The normalized spacial score (nSPS) is 21.1. The van der Waals surface area contributed by atoms with Crippen LogP contribution < -0.4 is 0 Å². The lowest BCUT2D eigenvalue weighted by Crippen LogP contribution is -2.14. The smallest absolute Gasteiger partial charge is 0.296 e. The number of methoxy groups -OCH3 is 1. The van der Waals surface area contributed by atoms with Crippen molar-refractivity contribution in [2.75, 3.05) is 13.7 Å². The number of hydrogen-bond donors (Lipinski definition) is 0. The van der Waals surface area contributed by atoms with Gasteiger partial charge in [-0.05, 0) is 10.8 Å². The molecule has 0 radical (unpaired) electrons. The van der Waals surface area contributed by atoms with Crippen LogP contribution >= 0.6 is 10.7 Å². The van der Waals surface area contributed by atoms with Crippen molar-refractivity contribution < 1.29 is 13.2 Å². The Morgan fingerprint density at radius 2 is 1.80 bits per heavy atom. The molecule has 0 spiro atoms. The molecular formula is C12H20ClN3O3S. The summed E-state index contributed by atoms with van der Waals surface area (Å²) in [6.07, 6.45) is 0. The fourth-order valence-electron chi connectivity index (χ4n) is 2.93. The van der Waals surface area contributed by atoms with E-state index in [4.69, 9.17) is 15.4 Å². The first-order valence-corrected chi connectivity index (χ1v) is 8.72. The Morgan fingerprint density at radius 1 is 1.25 bits per heavy atom. The van der Waals surface area contributed by atoms with E-state index in [0.717, 1.165) is 0 Å². The molecule has 0 saturated heterocycles. The number of halogens is 1. The molecule has 20 heavy (non-hydrogen) atoms. The third kappa shape index (κ3) is 2.25. The summed E-state index contributed by atoms with van der Waals surface area (Å²) in [5.74, 6) is 0.808. The first-order valence-electron chi connectivity index (χ1n) is 6.42. The highest BCUT2D eigenvalue weighted by atomic mass is 35.7. The second kappa shape index (κ2) is 4.68. The van der Waals surface area contributed by atoms with Crippen LogP contribution in [-0.4, -0.2) is 36.9 Å². The Hall–Kier alpha value is -0.660. The van der Waals surface area contributed by atoms with E-state index >= 15 is 0 Å². The van der Waals surface area contributed by atoms with Gasteiger partial charge in [0.05, 0.1) is 6.61 Å². The van der Waals surface area contributed by atoms with Gasteiger partial charge in [-0.25, -0.2) is 8.42 Å². The van der Waals surface area contributed by atoms with Crippen LogP contribution in [0.2, 0.25) is 0 Å². The monoisotopic (exact) mass is 321 g/mol. The van der Waals surface area contributed by atoms with Crippen molar-refractivity contribution in [3.05, 3.63) is 5.82 Å². The number of nitrogens with zero attached hydrogens (tertiary/aromatic N) is 3. The summed E-state index contributed by atoms with van der Waals surface area (Å²) >= 11 is 0. The maximum absolute atomic E-state index is 11.6. The van der Waals surface area contributed by atoms with E-state index in [1.165, 1.54) is 0 Å². The molecule has 0 aromatic carbocycles. The lowest BCUT2D eigenvalue weighted by molar-refractivity contribution is 0.183. The Morgan fingerprint density at radius 3 is 2.20 bits per heavy atom. The van der Waals surface area contributed by atoms with Crippen molar-refractivity contribution in [1.82, 2.24) is 14.8 Å². The molecule has 6 nitrogen and oxygen atoms in total. The zero-order valence-corrected chi connectivity index (χ0v) is 13.9. The average molecular weight is 322 g/mol. The third-order valence-electron chi connectivity index (χ3n) is 4.76. The number of aromatic nitrogens is 3. The molecule has 1 fully saturated rings. The van der Waals surface area contributed by atoms with Gasteiger partial charge in [0.15, 0.2) is 0 Å². The van der Waals surface area contributed by atoms with Crippen LogP contribution in [0.15, 0.2) is 5.16 Å². The molecule has 1 aromatic heterocycles. The van der Waals surface area contributed by atoms with E-state index in [0.29, 0.717) is 19.0 Å². The second-order valence-electron chi connectivity index (χ2n) is 6.30. The first kappa shape index (κ1) is 15.7. The minimum Gasteiger partial charge on any atom is -0.383 e. The van der Waals surface area contributed by atoms with Gasteiger partial charge in [-0.2, -0.15) is 0 Å². The molecule has 1 aliphatic carbocycles. The molecule has 114 valence electrons. The average Bonchev–Trinajstić information content (AvgIpc) is 2.64. The van der Waals surface area contributed by atoms with E-state index in [1.807, 2.05) is 0 Å². The molecule has 0 N–H and O–H groups in total. The van der Waals surface area contributed by atoms with Gasteiger partial charge < -0.3 is 4.74 Å². The van der Waals surface area contributed by atoms with Crippen molar-refractivity contribution in [1.29, 1.82) is 0 Å². The summed E-state index contributed by atoms with van der Waals surface area (Å²) in [5, 5.41) is 7.65. The molecular weight excluding hydrogens is 302 g/mol. The van der Waals surface area contributed by atoms with Crippen LogP contribution in [0.4, 0.5) is 0 Å². The van der Waals surface area contributed by atoms with E-state index in [1.54, 1.807) is 11.7 Å². The summed E-state index contributed by atoms with van der Waals surface area (Å²) in [4.78, 5) is 0. The molecule has 0 atom stereocenters. The topological polar surface area (TPSA) is 74.1 Å². The van der Waals surface area contributed by atoms with Crippen molar-refractivity contribution >= 4 is 19.7 Å². The summed E-state index contributed by atoms with van der Waals surface area (Å²) in [6, 6.07) is 0. The molecule has 0 unspecified atom stereocenters. The zero-order valence-electron chi connectivity index (χ0n) is 12.3. The summed E-state index contributed by atoms with van der Waals surface area (Å²) in [7, 11) is 3.07. The van der Waals surface area contributed by atoms with E-state index in [-0.39, 0.29) is 21.9 Å². The Kier molecular flexibility index (Phi) is 3.68. The maximum Gasteiger partial charge on any atom is 0.296 e. The number of ether oxygens (including phenoxy) is 1. The first-order chi connectivity index (χ1) is 9.05. The van der Waals surface area contributed by atoms with E-state index in [2.05, 4.69) is 37.9 Å². The van der Waals surface area contributed by atoms with Crippen LogP contribution in [-0.2, 0) is 20.3 Å². The zero-order chi connectivity index (χ0) is 15.3. The Bertz CT molecular complexity index is 608. The SMILES string of the molecule is COCCn1c(C2C(C)(C)C2(C)C)nnc1S(=O)(=O)Cl. The lowest BCUT2D eigenvalue weighted by Gasteiger charge is -2.09. The maximum atomic E-state index is 11.6. The predicted octanol–water partition coefficient (Wildman–Crippen LogP) is 2.00. The highest BCUT2D eigenvalue weighted by molar-refractivity contribution is 8.13. The molecule has 1 aliphatic rings. The second-order valence-corrected chi connectivity index (χ2v) is 8.76. The molecule has 1 aromatic rings. The molecule has 1 saturated carbocycles. The fourth-order valence-corrected chi connectivity index (χ4v) is 3.86. The van der Waals surface area contributed by atoms with Crippen molar-refractivity contribution in [3.8, 4) is 0 Å². The van der Waals surface area contributed by atoms with Crippen molar-refractivity contribution in [2.24, 2.45) is 10.8 Å². The highest BCUT2D eigenvalue weighted by Crippen LogP contribution is 2.73. The summed E-state index contributed by atoms with van der Waals surface area (Å²) < 4.78 is 29.8. The molecule has 8 heteroatoms. The molecule has 1 heterocycles. The van der Waals surface area contributed by atoms with Crippen LogP contribution in [0, 0.1) is 10.8 Å². The molecule has 0 amide bonds. The minimum atomic E-state index is -3.92. The fraction of sp³-hybridized carbons (Fsp3) is 0.833. The van der Waals surface area contributed by atoms with Crippen molar-refractivity contribution in [3.63, 3.8) is 0 Å². The highest BCUT2D eigenvalue weighted by Gasteiger charge is 2.67. The molecule has 2 rings (SSSR count). The third-order valence-corrected chi connectivity index (χ3v) is 5.91. The van der Waals surface area contributed by atoms with Gasteiger partial charge in [-0.15, -0.1) is 10.2 Å². The van der Waals surface area contributed by atoms with Gasteiger partial charge in [0.2, 0.25) is 0 Å². The van der Waals surface area contributed by atoms with Gasteiger partial charge in [-0.3, -0.25) is 4.57 Å². The largest absolute Gasteiger partial charge is 0.383 e. The summed E-state index contributed by atoms with van der Waals surface area (Å²) in [5.41, 5.74) is 0.0798. The number of hydrogen-bond acceptors (Lipinski definition) is 5. The Labute approximate surface area is 123 Å². The van der Waals surface area contributed by atoms with Gasteiger partial charge in [0.1, 0.15) is 5.82 Å². The van der Waals surface area contributed by atoms with Gasteiger partial charge in [-0.1, -0.05) is 27.7 Å². The van der Waals surface area contributed by atoms with Gasteiger partial charge in [0.25, 0.3) is 14.2 Å². The van der Waals surface area contributed by atoms with Crippen molar-refractivity contribution in [2.45, 2.75) is 45.3 Å². The standard InChI is InChI=1S/C12H20ClN3O3S/c1-11(2)8(12(11,3)4)9-14-15-10(20(13,17)18)16(9)6-7-19-5/h8H,6-7H2,1-5H3. The molecule has 0 bridgehead atoms. The van der Waals surface area contributed by atoms with Gasteiger partial charge in [0, 0.05) is 30.3 Å². The van der Waals surface area contributed by atoms with Crippen LogP contribution in [0.25, 0.3) is 0 Å². The van der Waals surface area contributed by atoms with Crippen LogP contribution in [0.3, 0.4) is 0 Å². The van der Waals surface area contributed by atoms with Crippen LogP contribution in [0.5, 0.6) is 0 Å². The van der Waals surface area contributed by atoms with Crippen LogP contribution in [0.1, 0.15) is 39.4 Å². The van der Waals surface area contributed by atoms with E-state index < -0.39 is 9.05 Å². The quantitative estimate of drug-likeness (QED) is 0.775. The van der Waals surface area contributed by atoms with E-state index in [9.17, 15) is 8.42 Å². The lowest BCUT2D eigenvalue weighted by atomic mass is 10.0. The molecule has 0 aliphatic heterocycles. The minimum absolute atomic E-state index is 0.0399. The predicted molar refractivity (Wildman–Crippen MR) is 75.2 cm³/mol. The Balaban J connectivity index is 2.48. The number of rotatable bonds is 5. The van der Waals surface area contributed by atoms with Gasteiger partial charge >= 0.3 is 0 Å². The summed E-state index contributed by atoms with van der Waals surface area (Å²) in [6.45, 7) is 9.30.